The largest absolute Gasteiger partial charge is 0.490 e. The summed E-state index contributed by atoms with van der Waals surface area (Å²) in [6.45, 7) is 1.93. The van der Waals surface area contributed by atoms with Gasteiger partial charge in [-0.2, -0.15) is 0 Å². The molecule has 1 aliphatic carbocycles. The third kappa shape index (κ3) is 4.57. The molecule has 1 heterocycles. The summed E-state index contributed by atoms with van der Waals surface area (Å²) in [5.41, 5.74) is 1.59. The van der Waals surface area contributed by atoms with Crippen molar-refractivity contribution in [2.75, 3.05) is 4.90 Å². The van der Waals surface area contributed by atoms with Gasteiger partial charge in [0.2, 0.25) is 5.91 Å². The molecule has 0 atom stereocenters. The van der Waals surface area contributed by atoms with Crippen LogP contribution >= 0.6 is 0 Å². The molecule has 0 aliphatic heterocycles. The lowest BCUT2D eigenvalue weighted by Crippen LogP contribution is -2.29. The molecule has 148 valence electrons. The zero-order chi connectivity index (χ0) is 20.1. The molecule has 1 aromatic heterocycles. The third-order valence-corrected chi connectivity index (χ3v) is 5.05. The molecule has 0 bridgehead atoms. The molecule has 0 unspecified atom stereocenters. The van der Waals surface area contributed by atoms with Gasteiger partial charge in [-0.15, -0.1) is 0 Å². The average Bonchev–Trinajstić information content (AvgIpc) is 2.71. The van der Waals surface area contributed by atoms with Gasteiger partial charge >= 0.3 is 0 Å². The van der Waals surface area contributed by atoms with Crippen molar-refractivity contribution in [3.8, 4) is 17.2 Å². The number of nitrogens with zero attached hydrogens (tertiary/aromatic N) is 2. The number of benzene rings is 2. The molecule has 0 N–H and O–H groups in total. The van der Waals surface area contributed by atoms with Crippen molar-refractivity contribution in [1.82, 2.24) is 4.98 Å². The van der Waals surface area contributed by atoms with Gasteiger partial charge < -0.3 is 14.4 Å². The first-order valence-corrected chi connectivity index (χ1v) is 9.90. The van der Waals surface area contributed by atoms with E-state index in [1.165, 1.54) is 6.42 Å². The number of carbonyl (C=O) groups is 1. The van der Waals surface area contributed by atoms with Crippen molar-refractivity contribution >= 4 is 11.6 Å². The molecular formula is C24H24N2O3. The van der Waals surface area contributed by atoms with Crippen LogP contribution < -0.4 is 14.4 Å². The minimum atomic E-state index is -0.0886. The topological polar surface area (TPSA) is 51.7 Å². The lowest BCUT2D eigenvalue weighted by molar-refractivity contribution is -0.116. The fourth-order valence-electron chi connectivity index (χ4n) is 3.23. The van der Waals surface area contributed by atoms with Crippen molar-refractivity contribution < 1.29 is 14.3 Å². The normalized spacial score (nSPS) is 13.4. The fraction of sp³-hybridized carbons (Fsp3) is 0.250. The Labute approximate surface area is 170 Å². The molecule has 1 saturated carbocycles. The highest BCUT2D eigenvalue weighted by atomic mass is 16.5. The highest BCUT2D eigenvalue weighted by Gasteiger charge is 2.23. The number of rotatable bonds is 7. The zero-order valence-electron chi connectivity index (χ0n) is 16.5. The van der Waals surface area contributed by atoms with Crippen LogP contribution in [0.4, 0.5) is 5.69 Å². The van der Waals surface area contributed by atoms with E-state index in [0.29, 0.717) is 23.7 Å². The number of para-hydroxylation sites is 2. The fourth-order valence-corrected chi connectivity index (χ4v) is 3.23. The number of hydrogen-bond donors (Lipinski definition) is 0. The van der Waals surface area contributed by atoms with Gasteiger partial charge in [0.1, 0.15) is 17.2 Å². The second kappa shape index (κ2) is 8.78. The second-order valence-electron chi connectivity index (χ2n) is 7.14. The minimum Gasteiger partial charge on any atom is -0.490 e. The van der Waals surface area contributed by atoms with Crippen LogP contribution in [0.2, 0.25) is 0 Å². The summed E-state index contributed by atoms with van der Waals surface area (Å²) in [7, 11) is 0. The molecule has 0 saturated heterocycles. The maximum Gasteiger partial charge on any atom is 0.224 e. The van der Waals surface area contributed by atoms with Crippen molar-refractivity contribution in [2.45, 2.75) is 38.8 Å². The molecule has 29 heavy (non-hydrogen) atoms. The highest BCUT2D eigenvalue weighted by Crippen LogP contribution is 2.34. The number of aromatic nitrogens is 1. The van der Waals surface area contributed by atoms with E-state index >= 15 is 0 Å². The van der Waals surface area contributed by atoms with Gasteiger partial charge in [-0.1, -0.05) is 36.4 Å². The second-order valence-corrected chi connectivity index (χ2v) is 7.14. The van der Waals surface area contributed by atoms with Crippen LogP contribution in [0.5, 0.6) is 17.2 Å². The standard InChI is InChI=1S/C24H24N2O3/c1-18(27)26(17-19-8-5-6-13-23(19)28-21-11-7-12-21)22-16-25-15-14-24(22)29-20-9-3-2-4-10-20/h2-6,8-10,13-16,21H,7,11-12,17H2,1H3. The Balaban J connectivity index is 1.62. The monoisotopic (exact) mass is 388 g/mol. The number of carbonyl (C=O) groups excluding carboxylic acids is 1. The molecule has 3 aromatic rings. The van der Waals surface area contributed by atoms with Crippen molar-refractivity contribution in [1.29, 1.82) is 0 Å². The van der Waals surface area contributed by atoms with E-state index in [4.69, 9.17) is 9.47 Å². The van der Waals surface area contributed by atoms with E-state index in [-0.39, 0.29) is 12.0 Å². The molecule has 5 heteroatoms. The molecule has 4 rings (SSSR count). The first-order chi connectivity index (χ1) is 14.2. The molecule has 2 aromatic carbocycles. The summed E-state index contributed by atoms with van der Waals surface area (Å²) in [5.74, 6) is 2.03. The van der Waals surface area contributed by atoms with E-state index in [1.54, 1.807) is 30.3 Å². The van der Waals surface area contributed by atoms with Crippen LogP contribution in [0.1, 0.15) is 31.7 Å². The SMILES string of the molecule is CC(=O)N(Cc1ccccc1OC1CCC1)c1cnccc1Oc1ccccc1. The molecule has 1 aliphatic rings. The summed E-state index contributed by atoms with van der Waals surface area (Å²) in [6.07, 6.45) is 6.98. The van der Waals surface area contributed by atoms with Crippen LogP contribution in [0.15, 0.2) is 73.1 Å². The number of pyridine rings is 1. The molecule has 1 fully saturated rings. The minimum absolute atomic E-state index is 0.0886. The van der Waals surface area contributed by atoms with Gasteiger partial charge in [-0.3, -0.25) is 9.78 Å². The van der Waals surface area contributed by atoms with Crippen LogP contribution in [0.25, 0.3) is 0 Å². The summed E-state index contributed by atoms with van der Waals surface area (Å²) in [4.78, 5) is 18.5. The number of anilines is 1. The average molecular weight is 388 g/mol. The van der Waals surface area contributed by atoms with E-state index < -0.39 is 0 Å². The summed E-state index contributed by atoms with van der Waals surface area (Å²) >= 11 is 0. The first kappa shape index (κ1) is 19.0. The van der Waals surface area contributed by atoms with Crippen LogP contribution in [0.3, 0.4) is 0 Å². The Morgan fingerprint density at radius 3 is 2.52 bits per heavy atom. The molecule has 1 amide bonds. The van der Waals surface area contributed by atoms with Crippen LogP contribution in [-0.2, 0) is 11.3 Å². The molecule has 0 spiro atoms. The quantitative estimate of drug-likeness (QED) is 0.547. The van der Waals surface area contributed by atoms with Gasteiger partial charge in [0.05, 0.1) is 18.8 Å². The smallest absolute Gasteiger partial charge is 0.224 e. The summed E-state index contributed by atoms with van der Waals surface area (Å²) in [5, 5.41) is 0. The van der Waals surface area contributed by atoms with E-state index in [9.17, 15) is 4.79 Å². The van der Waals surface area contributed by atoms with Crippen LogP contribution in [-0.4, -0.2) is 17.0 Å². The Hall–Kier alpha value is -3.34. The lowest BCUT2D eigenvalue weighted by Gasteiger charge is -2.29. The Kier molecular flexibility index (Phi) is 5.75. The van der Waals surface area contributed by atoms with Crippen LogP contribution in [0, 0.1) is 0 Å². The predicted molar refractivity (Wildman–Crippen MR) is 112 cm³/mol. The maximum absolute atomic E-state index is 12.6. The van der Waals surface area contributed by atoms with E-state index in [1.807, 2.05) is 54.6 Å². The van der Waals surface area contributed by atoms with Crippen molar-refractivity contribution in [2.24, 2.45) is 0 Å². The maximum atomic E-state index is 12.6. The van der Waals surface area contributed by atoms with Gasteiger partial charge in [-0.25, -0.2) is 0 Å². The Morgan fingerprint density at radius 1 is 1.03 bits per heavy atom. The zero-order valence-corrected chi connectivity index (χ0v) is 16.5. The van der Waals surface area contributed by atoms with E-state index in [2.05, 4.69) is 4.98 Å². The highest BCUT2D eigenvalue weighted by molar-refractivity contribution is 5.93. The number of amides is 1. The molecular weight excluding hydrogens is 364 g/mol. The lowest BCUT2D eigenvalue weighted by atomic mass is 9.96. The van der Waals surface area contributed by atoms with Gasteiger partial charge in [-0.05, 0) is 37.5 Å². The Bertz CT molecular complexity index is 971. The third-order valence-electron chi connectivity index (χ3n) is 5.05. The van der Waals surface area contributed by atoms with E-state index in [0.717, 1.165) is 24.2 Å². The summed E-state index contributed by atoms with van der Waals surface area (Å²) < 4.78 is 12.2. The number of hydrogen-bond acceptors (Lipinski definition) is 4. The molecule has 0 radical (unpaired) electrons. The Morgan fingerprint density at radius 2 is 1.79 bits per heavy atom. The van der Waals surface area contributed by atoms with Crippen molar-refractivity contribution in [3.05, 3.63) is 78.6 Å². The summed E-state index contributed by atoms with van der Waals surface area (Å²) in [6, 6.07) is 19.2. The van der Waals surface area contributed by atoms with Gasteiger partial charge in [0.25, 0.3) is 0 Å². The van der Waals surface area contributed by atoms with Gasteiger partial charge in [0.15, 0.2) is 5.75 Å². The van der Waals surface area contributed by atoms with Crippen molar-refractivity contribution in [3.63, 3.8) is 0 Å². The number of ether oxygens (including phenoxy) is 2. The first-order valence-electron chi connectivity index (χ1n) is 9.90. The van der Waals surface area contributed by atoms with Gasteiger partial charge in [0, 0.05) is 24.8 Å². The predicted octanol–water partition coefficient (Wildman–Crippen LogP) is 5.36. The molecule has 5 nitrogen and oxygen atoms in total.